The van der Waals surface area contributed by atoms with Crippen LogP contribution in [-0.2, 0) is 4.79 Å². The van der Waals surface area contributed by atoms with Crippen LogP contribution in [0.3, 0.4) is 0 Å². The van der Waals surface area contributed by atoms with Crippen molar-refractivity contribution in [2.75, 3.05) is 5.32 Å². The number of carboxylic acids is 1. The van der Waals surface area contributed by atoms with E-state index in [2.05, 4.69) is 15.3 Å². The Morgan fingerprint density at radius 1 is 1.77 bits per heavy atom. The molecule has 0 fully saturated rings. The summed E-state index contributed by atoms with van der Waals surface area (Å²) in [6, 6.07) is 0.735. The van der Waals surface area contributed by atoms with Gasteiger partial charge in [-0.1, -0.05) is 0 Å². The number of nitrogens with zero attached hydrogens (tertiary/aromatic N) is 1. The van der Waals surface area contributed by atoms with Crippen molar-refractivity contribution in [3.63, 3.8) is 0 Å². The number of aliphatic carboxylic acids is 1. The van der Waals surface area contributed by atoms with Crippen LogP contribution in [0.4, 0.5) is 5.82 Å². The number of nitrogens with one attached hydrogen (secondary N) is 2. The lowest BCUT2D eigenvalue weighted by atomic mass is 10.3. The molecule has 70 valence electrons. The van der Waals surface area contributed by atoms with Crippen LogP contribution in [0.1, 0.15) is 6.92 Å². The molecule has 0 amide bonds. The predicted octanol–water partition coefficient (Wildman–Crippen LogP) is -0.345. The predicted molar refractivity (Wildman–Crippen MR) is 45.6 cm³/mol. The largest absolute Gasteiger partial charge is 0.480 e. The van der Waals surface area contributed by atoms with Crippen LogP contribution in [-0.4, -0.2) is 27.1 Å². The summed E-state index contributed by atoms with van der Waals surface area (Å²) < 4.78 is 0. The first-order valence-electron chi connectivity index (χ1n) is 3.64. The number of hydrogen-bond acceptors (Lipinski definition) is 4. The Morgan fingerprint density at radius 3 is 3.00 bits per heavy atom. The van der Waals surface area contributed by atoms with E-state index < -0.39 is 17.7 Å². The second kappa shape index (κ2) is 3.70. The second-order valence-corrected chi connectivity index (χ2v) is 2.49. The highest BCUT2D eigenvalue weighted by Gasteiger charge is 2.09. The summed E-state index contributed by atoms with van der Waals surface area (Å²) in [5, 5.41) is 11.1. The maximum atomic E-state index is 10.7. The van der Waals surface area contributed by atoms with Gasteiger partial charge in [-0.2, -0.15) is 0 Å². The van der Waals surface area contributed by atoms with Crippen molar-refractivity contribution in [3.8, 4) is 0 Å². The van der Waals surface area contributed by atoms with Crippen LogP contribution in [0.2, 0.25) is 0 Å². The molecule has 0 saturated heterocycles. The van der Waals surface area contributed by atoms with Crippen LogP contribution in [0.15, 0.2) is 17.1 Å². The number of hydrogen-bond donors (Lipinski definition) is 3. The van der Waals surface area contributed by atoms with Crippen LogP contribution in [0.5, 0.6) is 0 Å². The number of anilines is 1. The second-order valence-electron chi connectivity index (χ2n) is 2.49. The maximum Gasteiger partial charge on any atom is 0.346 e. The highest BCUT2D eigenvalue weighted by Crippen LogP contribution is 1.98. The third kappa shape index (κ3) is 2.58. The van der Waals surface area contributed by atoms with Crippen molar-refractivity contribution in [1.29, 1.82) is 0 Å². The Balaban J connectivity index is 2.75. The van der Waals surface area contributed by atoms with Crippen LogP contribution >= 0.6 is 0 Å². The van der Waals surface area contributed by atoms with Crippen LogP contribution in [0.25, 0.3) is 0 Å². The minimum absolute atomic E-state index is 0.343. The Morgan fingerprint density at radius 2 is 2.46 bits per heavy atom. The Bertz CT molecular complexity index is 360. The van der Waals surface area contributed by atoms with Gasteiger partial charge >= 0.3 is 11.7 Å². The minimum Gasteiger partial charge on any atom is -0.480 e. The smallest absolute Gasteiger partial charge is 0.346 e. The van der Waals surface area contributed by atoms with E-state index in [4.69, 9.17) is 5.11 Å². The number of aromatic amines is 1. The fourth-order valence-electron chi connectivity index (χ4n) is 0.748. The zero-order chi connectivity index (χ0) is 9.84. The molecule has 6 heteroatoms. The Kier molecular flexibility index (Phi) is 2.63. The van der Waals surface area contributed by atoms with Crippen molar-refractivity contribution in [3.05, 3.63) is 22.7 Å². The highest BCUT2D eigenvalue weighted by atomic mass is 16.4. The minimum atomic E-state index is -0.988. The average molecular weight is 183 g/mol. The fourth-order valence-corrected chi connectivity index (χ4v) is 0.748. The molecule has 1 rings (SSSR count). The van der Waals surface area contributed by atoms with Crippen molar-refractivity contribution >= 4 is 11.8 Å². The molecule has 0 aliphatic heterocycles. The molecule has 0 unspecified atom stereocenters. The van der Waals surface area contributed by atoms with Gasteiger partial charge in [0.05, 0.1) is 0 Å². The quantitative estimate of drug-likeness (QED) is 0.595. The third-order valence-corrected chi connectivity index (χ3v) is 1.42. The topological polar surface area (TPSA) is 95.1 Å². The van der Waals surface area contributed by atoms with E-state index in [0.717, 1.165) is 0 Å². The van der Waals surface area contributed by atoms with Gasteiger partial charge in [-0.25, -0.2) is 9.78 Å². The third-order valence-electron chi connectivity index (χ3n) is 1.42. The first kappa shape index (κ1) is 9.24. The molecule has 3 N–H and O–H groups in total. The van der Waals surface area contributed by atoms with E-state index in [0.29, 0.717) is 5.82 Å². The molecule has 0 spiro atoms. The average Bonchev–Trinajstić information content (AvgIpc) is 2.04. The van der Waals surface area contributed by atoms with Crippen molar-refractivity contribution in [1.82, 2.24) is 9.97 Å². The van der Waals surface area contributed by atoms with Gasteiger partial charge in [0.15, 0.2) is 0 Å². The van der Waals surface area contributed by atoms with E-state index >= 15 is 0 Å². The molecule has 0 aliphatic carbocycles. The first-order valence-corrected chi connectivity index (χ1v) is 3.64. The first-order chi connectivity index (χ1) is 6.09. The fraction of sp³-hybridized carbons (Fsp3) is 0.286. The summed E-state index contributed by atoms with van der Waals surface area (Å²) in [6.45, 7) is 1.47. The van der Waals surface area contributed by atoms with E-state index in [9.17, 15) is 9.59 Å². The summed E-state index contributed by atoms with van der Waals surface area (Å²) in [4.78, 5) is 26.9. The van der Waals surface area contributed by atoms with E-state index in [1.807, 2.05) is 0 Å². The van der Waals surface area contributed by atoms with Gasteiger partial charge in [0, 0.05) is 6.20 Å². The number of aromatic nitrogens is 2. The molecule has 13 heavy (non-hydrogen) atoms. The molecule has 1 aromatic rings. The molecule has 1 atom stereocenters. The zero-order valence-electron chi connectivity index (χ0n) is 6.94. The lowest BCUT2D eigenvalue weighted by Gasteiger charge is -2.08. The van der Waals surface area contributed by atoms with E-state index in [1.165, 1.54) is 19.2 Å². The summed E-state index contributed by atoms with van der Waals surface area (Å²) in [5.74, 6) is -0.646. The Labute approximate surface area is 73.6 Å². The highest BCUT2D eigenvalue weighted by molar-refractivity contribution is 5.76. The SMILES string of the molecule is C[C@H](Nc1ccnc(=O)[nH]1)C(=O)O. The van der Waals surface area contributed by atoms with Crippen LogP contribution < -0.4 is 11.0 Å². The molecule has 0 radical (unpaired) electrons. The van der Waals surface area contributed by atoms with Gasteiger partial charge < -0.3 is 10.4 Å². The van der Waals surface area contributed by atoms with Gasteiger partial charge in [0.25, 0.3) is 0 Å². The summed E-state index contributed by atoms with van der Waals surface area (Å²) in [5.41, 5.74) is -0.511. The normalized spacial score (nSPS) is 12.1. The molecule has 0 aromatic carbocycles. The summed E-state index contributed by atoms with van der Waals surface area (Å²) >= 11 is 0. The van der Waals surface area contributed by atoms with Gasteiger partial charge in [-0.3, -0.25) is 9.78 Å². The summed E-state index contributed by atoms with van der Waals surface area (Å²) in [7, 11) is 0. The standard InChI is InChI=1S/C7H9N3O3/c1-4(6(11)12)9-5-2-3-8-7(13)10-5/h2-4H,1H3,(H,11,12)(H2,8,9,10,13)/t4-/m0/s1. The lowest BCUT2D eigenvalue weighted by molar-refractivity contribution is -0.137. The molecule has 6 nitrogen and oxygen atoms in total. The van der Waals surface area contributed by atoms with Crippen molar-refractivity contribution < 1.29 is 9.90 Å². The van der Waals surface area contributed by atoms with Crippen molar-refractivity contribution in [2.45, 2.75) is 13.0 Å². The monoisotopic (exact) mass is 183 g/mol. The van der Waals surface area contributed by atoms with Gasteiger partial charge in [0.2, 0.25) is 0 Å². The number of H-pyrrole nitrogens is 1. The summed E-state index contributed by atoms with van der Waals surface area (Å²) in [6.07, 6.45) is 1.30. The molecule has 0 aliphatic rings. The zero-order valence-corrected chi connectivity index (χ0v) is 6.94. The maximum absolute atomic E-state index is 10.7. The number of carboxylic acid groups (broad SMARTS) is 1. The molecular weight excluding hydrogens is 174 g/mol. The van der Waals surface area contributed by atoms with Gasteiger partial charge in [0.1, 0.15) is 11.9 Å². The number of carbonyl (C=O) groups is 1. The molecule has 1 aromatic heterocycles. The van der Waals surface area contributed by atoms with E-state index in [1.54, 1.807) is 0 Å². The number of rotatable bonds is 3. The van der Waals surface area contributed by atoms with Gasteiger partial charge in [-0.05, 0) is 13.0 Å². The van der Waals surface area contributed by atoms with Crippen molar-refractivity contribution in [2.24, 2.45) is 0 Å². The molecular formula is C7H9N3O3. The van der Waals surface area contributed by atoms with Gasteiger partial charge in [-0.15, -0.1) is 0 Å². The molecule has 1 heterocycles. The molecule has 0 bridgehead atoms. The Hall–Kier alpha value is -1.85. The lowest BCUT2D eigenvalue weighted by Crippen LogP contribution is -2.27. The molecule has 0 saturated carbocycles. The van der Waals surface area contributed by atoms with E-state index in [-0.39, 0.29) is 0 Å². The van der Waals surface area contributed by atoms with Crippen LogP contribution in [0, 0.1) is 0 Å².